The highest BCUT2D eigenvalue weighted by Gasteiger charge is 2.55. The van der Waals surface area contributed by atoms with E-state index in [1.807, 2.05) is 72.8 Å². The zero-order valence-corrected chi connectivity index (χ0v) is 44.2. The maximum atomic E-state index is 13.4. The van der Waals surface area contributed by atoms with Crippen molar-refractivity contribution in [3.63, 3.8) is 0 Å². The van der Waals surface area contributed by atoms with E-state index in [0.717, 1.165) is 20.7 Å². The monoisotopic (exact) mass is 1020 g/mol. The van der Waals surface area contributed by atoms with Gasteiger partial charge in [0.2, 0.25) is 0 Å². The predicted octanol–water partition coefficient (Wildman–Crippen LogP) is 5.40. The molecule has 0 amide bonds. The van der Waals surface area contributed by atoms with Gasteiger partial charge in [0, 0.05) is 30.8 Å². The molecule has 4 heterocycles. The lowest BCUT2D eigenvalue weighted by molar-refractivity contribution is -0.0503. The summed E-state index contributed by atoms with van der Waals surface area (Å²) < 4.78 is 43.6. The molecule has 8 rings (SSSR count). The molecule has 2 aromatic heterocycles. The summed E-state index contributed by atoms with van der Waals surface area (Å²) >= 11 is 5.83. The van der Waals surface area contributed by atoms with Gasteiger partial charge >= 0.3 is 18.1 Å². The molecule has 0 bridgehead atoms. The largest absolute Gasteiger partial charge is 0.405 e. The molecule has 0 radical (unpaired) electrons. The van der Waals surface area contributed by atoms with Gasteiger partial charge in [0.05, 0.1) is 25.4 Å². The van der Waals surface area contributed by atoms with Gasteiger partial charge < -0.3 is 38.0 Å². The zero-order valence-electron chi connectivity index (χ0n) is 40.5. The normalized spacial score (nSPS) is 21.9. The van der Waals surface area contributed by atoms with Crippen molar-refractivity contribution >= 4 is 61.7 Å². The number of ether oxygens (including phenoxy) is 2. The average Bonchev–Trinajstić information content (AvgIpc) is 3.91. The van der Waals surface area contributed by atoms with Crippen molar-refractivity contribution in [2.75, 3.05) is 18.9 Å². The Kier molecular flexibility index (Phi) is 15.2. The summed E-state index contributed by atoms with van der Waals surface area (Å²) in [4.78, 5) is 57.5. The van der Waals surface area contributed by atoms with Crippen LogP contribution in [0.15, 0.2) is 154 Å². The fraction of sp³-hybridized carbons (Fsp3) is 0.373. The van der Waals surface area contributed by atoms with Gasteiger partial charge in [-0.3, -0.25) is 18.9 Å². The fourth-order valence-electron chi connectivity index (χ4n) is 9.98. The lowest BCUT2D eigenvalue weighted by Gasteiger charge is -2.45. The van der Waals surface area contributed by atoms with Crippen molar-refractivity contribution in [3.05, 3.63) is 177 Å². The average molecular weight is 1020 g/mol. The highest BCUT2D eigenvalue weighted by atomic mass is 32.5. The van der Waals surface area contributed by atoms with E-state index < -0.39 is 82.2 Å². The molecule has 4 aromatic carbocycles. The van der Waals surface area contributed by atoms with Gasteiger partial charge in [0.25, 0.3) is 22.2 Å². The van der Waals surface area contributed by atoms with Crippen LogP contribution in [0.1, 0.15) is 72.4 Å². The van der Waals surface area contributed by atoms with E-state index in [0.29, 0.717) is 5.56 Å². The van der Waals surface area contributed by atoms with Gasteiger partial charge in [0.15, 0.2) is 0 Å². The first kappa shape index (κ1) is 51.4. The van der Waals surface area contributed by atoms with Gasteiger partial charge in [-0.25, -0.2) is 9.59 Å². The Hall–Kier alpha value is -4.96. The van der Waals surface area contributed by atoms with Crippen LogP contribution in [0.2, 0.25) is 10.1 Å². The Balaban J connectivity index is 1.12. The standard InChI is InChI=1S/C51H62N5O10PSSi2/c1-35-32-56(49(59)54-47(35)57)46-31-41(66-70(51(5,6)7,38-24-16-10-17-25-38)39-26-18-11-19-27-39)42(63-46)33-61-67(60,68)65-40-30-45(55-29-28-44(52)53-48(55)58)64-43(40)34-62-69(50(2,3)4,36-20-12-8-13-21-36)37-22-14-9-15-23-37/h8-29,32,40-43,45-46H,30-31,33-34H2,1-7H3,(H,60,68)(H2,52,53,58)(H,54,57,59)/t40-,41-,42+,43+,45+,46+,67?/m0/s1. The fourth-order valence-corrected chi connectivity index (χ4v) is 20.7. The molecule has 2 aliphatic heterocycles. The van der Waals surface area contributed by atoms with Crippen LogP contribution in [0.4, 0.5) is 5.82 Å². The number of hydrogen-bond donors (Lipinski definition) is 3. The van der Waals surface area contributed by atoms with E-state index in [2.05, 4.69) is 100 Å². The molecule has 2 saturated heterocycles. The SMILES string of the molecule is Cc1cn([C@H]2C[C@H](O[Si](c3ccccc3)(c3ccccc3)C(C)(C)C)[C@@H](COP(O)(=S)O[C@H]3C[C@H](n4ccc(N)nc4=O)O[C@@H]3CO[Si](c3ccccc3)(c3ccccc3)C(C)(C)C)O2)c(=O)[nH]c1=O. The molecule has 370 valence electrons. The molecule has 0 saturated carbocycles. The number of aromatic nitrogens is 4. The first-order chi connectivity index (χ1) is 33.2. The van der Waals surface area contributed by atoms with Crippen molar-refractivity contribution in [1.82, 2.24) is 19.1 Å². The molecule has 4 N–H and O–H groups in total. The molecule has 0 spiro atoms. The minimum absolute atomic E-state index is 0.0100. The Bertz CT molecular complexity index is 2890. The van der Waals surface area contributed by atoms with E-state index in [4.69, 9.17) is 44.9 Å². The number of benzene rings is 4. The molecule has 7 atom stereocenters. The number of H-pyrrole nitrogens is 1. The molecule has 19 heteroatoms. The van der Waals surface area contributed by atoms with E-state index in [-0.39, 0.29) is 36.9 Å². The highest BCUT2D eigenvalue weighted by molar-refractivity contribution is 8.07. The maximum absolute atomic E-state index is 13.4. The number of anilines is 1. The van der Waals surface area contributed by atoms with Crippen molar-refractivity contribution in [2.45, 2.75) is 108 Å². The van der Waals surface area contributed by atoms with Gasteiger partial charge in [-0.05, 0) is 55.6 Å². The maximum Gasteiger partial charge on any atom is 0.351 e. The van der Waals surface area contributed by atoms with E-state index in [1.54, 1.807) is 6.92 Å². The molecule has 0 aliphatic carbocycles. The molecular formula is C51H62N5O10PSSi2. The van der Waals surface area contributed by atoms with Gasteiger partial charge in [-0.2, -0.15) is 4.98 Å². The summed E-state index contributed by atoms with van der Waals surface area (Å²) in [7, 11) is -6.34. The van der Waals surface area contributed by atoms with Crippen LogP contribution in [-0.4, -0.2) is 78.3 Å². The summed E-state index contributed by atoms with van der Waals surface area (Å²) in [6.45, 7) is 10.1. The number of nitrogens with two attached hydrogens (primary N) is 1. The first-order valence-electron chi connectivity index (χ1n) is 23.4. The van der Waals surface area contributed by atoms with Crippen molar-refractivity contribution in [2.24, 2.45) is 0 Å². The number of hydrogen-bond acceptors (Lipinski definition) is 12. The second-order valence-electron chi connectivity index (χ2n) is 20.0. The number of aryl methyl sites for hydroxylation is 1. The second-order valence-corrected chi connectivity index (χ2v) is 31.3. The Labute approximate surface area is 415 Å². The first-order valence-corrected chi connectivity index (χ1v) is 29.8. The van der Waals surface area contributed by atoms with E-state index in [9.17, 15) is 19.3 Å². The molecule has 2 aliphatic rings. The van der Waals surface area contributed by atoms with E-state index in [1.165, 1.54) is 27.6 Å². The summed E-state index contributed by atoms with van der Waals surface area (Å²) in [5, 5.41) is 3.37. The van der Waals surface area contributed by atoms with Crippen LogP contribution >= 0.6 is 6.72 Å². The van der Waals surface area contributed by atoms with Gasteiger partial charge in [0.1, 0.15) is 30.5 Å². The Morgan fingerprint density at radius 3 is 1.66 bits per heavy atom. The molecule has 6 aromatic rings. The third kappa shape index (κ3) is 10.5. The van der Waals surface area contributed by atoms with Crippen LogP contribution in [0.25, 0.3) is 0 Å². The van der Waals surface area contributed by atoms with Gasteiger partial charge in [-0.1, -0.05) is 163 Å². The third-order valence-electron chi connectivity index (χ3n) is 13.3. The zero-order chi connectivity index (χ0) is 50.1. The second kappa shape index (κ2) is 20.6. The number of nitrogens with zero attached hydrogens (tertiary/aromatic N) is 3. The lowest BCUT2D eigenvalue weighted by atomic mass is 10.2. The minimum Gasteiger partial charge on any atom is -0.405 e. The highest BCUT2D eigenvalue weighted by Crippen LogP contribution is 2.50. The van der Waals surface area contributed by atoms with Crippen LogP contribution in [0.5, 0.6) is 0 Å². The number of rotatable bonds is 16. The van der Waals surface area contributed by atoms with Crippen molar-refractivity contribution < 1.29 is 32.3 Å². The summed E-state index contributed by atoms with van der Waals surface area (Å²) in [6, 6.07) is 42.1. The van der Waals surface area contributed by atoms with Crippen molar-refractivity contribution in [1.29, 1.82) is 0 Å². The third-order valence-corrected chi connectivity index (χ3v) is 24.9. The number of nitrogen functional groups attached to an aromatic ring is 1. The quantitative estimate of drug-likeness (QED) is 0.0826. The lowest BCUT2D eigenvalue weighted by Crippen LogP contribution is -2.68. The molecule has 2 fully saturated rings. The smallest absolute Gasteiger partial charge is 0.351 e. The Morgan fingerprint density at radius 2 is 1.17 bits per heavy atom. The van der Waals surface area contributed by atoms with Crippen molar-refractivity contribution in [3.8, 4) is 0 Å². The van der Waals surface area contributed by atoms with Gasteiger partial charge in [-0.15, -0.1) is 0 Å². The summed E-state index contributed by atoms with van der Waals surface area (Å²) in [6.07, 6.45) is -1.85. The molecule has 1 unspecified atom stereocenters. The van der Waals surface area contributed by atoms with Crippen LogP contribution in [0, 0.1) is 6.92 Å². The van der Waals surface area contributed by atoms with Crippen LogP contribution in [-0.2, 0) is 39.2 Å². The summed E-state index contributed by atoms with van der Waals surface area (Å²) in [5.74, 6) is 0.0621. The van der Waals surface area contributed by atoms with E-state index >= 15 is 0 Å². The van der Waals surface area contributed by atoms with Crippen LogP contribution < -0.4 is 43.4 Å². The minimum atomic E-state index is -4.18. The predicted molar refractivity (Wildman–Crippen MR) is 279 cm³/mol. The number of aromatic amines is 1. The topological polar surface area (TPSA) is 191 Å². The molecular weight excluding hydrogens is 962 g/mol. The Morgan fingerprint density at radius 1 is 0.714 bits per heavy atom. The van der Waals surface area contributed by atoms with Crippen LogP contribution in [0.3, 0.4) is 0 Å². The summed E-state index contributed by atoms with van der Waals surface area (Å²) in [5.41, 5.74) is 4.44. The number of nitrogens with one attached hydrogen (secondary N) is 1. The molecule has 70 heavy (non-hydrogen) atoms. The molecule has 15 nitrogen and oxygen atoms in total.